The normalized spacial score (nSPS) is 14.7. The summed E-state index contributed by atoms with van der Waals surface area (Å²) in [6.45, 7) is 5.76. The lowest BCUT2D eigenvalue weighted by atomic mass is 9.98. The molecule has 1 aromatic heterocycles. The Balaban J connectivity index is 1.55. The van der Waals surface area contributed by atoms with Crippen LogP contribution in [0.25, 0.3) is 11.3 Å². The van der Waals surface area contributed by atoms with Crippen molar-refractivity contribution >= 4 is 28.7 Å². The Morgan fingerprint density at radius 3 is 2.62 bits per heavy atom. The van der Waals surface area contributed by atoms with E-state index in [0.717, 1.165) is 16.8 Å². The van der Waals surface area contributed by atoms with Crippen molar-refractivity contribution in [2.75, 3.05) is 5.43 Å². The van der Waals surface area contributed by atoms with Gasteiger partial charge in [-0.15, -0.1) is 0 Å². The molecule has 4 rings (SSSR count). The molecule has 8 heteroatoms. The average molecular weight is 457 g/mol. The molecule has 0 saturated carbocycles. The summed E-state index contributed by atoms with van der Waals surface area (Å²) in [5.41, 5.74) is 7.86. The Morgan fingerprint density at radius 1 is 1.09 bits per heavy atom. The van der Waals surface area contributed by atoms with Gasteiger partial charge in [0.25, 0.3) is 5.56 Å². The molecule has 0 atom stereocenters. The van der Waals surface area contributed by atoms with E-state index in [1.165, 1.54) is 16.8 Å². The molecule has 1 aliphatic rings. The van der Waals surface area contributed by atoms with E-state index in [4.69, 9.17) is 0 Å². The number of H-pyrrole nitrogens is 1. The van der Waals surface area contributed by atoms with Crippen molar-refractivity contribution < 1.29 is 14.7 Å². The molecule has 172 valence electrons. The van der Waals surface area contributed by atoms with Crippen LogP contribution in [0.5, 0.6) is 0 Å². The summed E-state index contributed by atoms with van der Waals surface area (Å²) in [5.74, 6) is -1.26. The van der Waals surface area contributed by atoms with E-state index in [1.54, 1.807) is 37.3 Å². The zero-order chi connectivity index (χ0) is 24.4. The summed E-state index contributed by atoms with van der Waals surface area (Å²) in [7, 11) is 0. The number of rotatable bonds is 5. The molecule has 0 radical (unpaired) electrons. The van der Waals surface area contributed by atoms with Crippen molar-refractivity contribution in [1.82, 2.24) is 9.78 Å². The van der Waals surface area contributed by atoms with Crippen LogP contribution in [0.1, 0.15) is 39.2 Å². The van der Waals surface area contributed by atoms with Gasteiger partial charge in [-0.1, -0.05) is 30.4 Å². The summed E-state index contributed by atoms with van der Waals surface area (Å²) in [6, 6.07) is 12.0. The number of carboxylic acids is 1. The Morgan fingerprint density at radius 2 is 1.88 bits per heavy atom. The van der Waals surface area contributed by atoms with Crippen LogP contribution < -0.4 is 11.0 Å². The van der Waals surface area contributed by atoms with Crippen LogP contribution in [0, 0.1) is 20.8 Å². The molecule has 0 amide bonds. The lowest BCUT2D eigenvalue weighted by Gasteiger charge is -2.06. The number of nitrogens with zero attached hydrogens (tertiary/aromatic N) is 2. The van der Waals surface area contributed by atoms with Crippen LogP contribution in [0.4, 0.5) is 5.69 Å². The van der Waals surface area contributed by atoms with E-state index in [-0.39, 0.29) is 29.0 Å². The van der Waals surface area contributed by atoms with Gasteiger partial charge in [-0.2, -0.15) is 5.10 Å². The van der Waals surface area contributed by atoms with Crippen molar-refractivity contribution in [3.63, 3.8) is 0 Å². The molecule has 34 heavy (non-hydrogen) atoms. The Hall–Kier alpha value is -4.46. The van der Waals surface area contributed by atoms with Crippen molar-refractivity contribution in [2.24, 2.45) is 5.10 Å². The maximum absolute atomic E-state index is 13.0. The van der Waals surface area contributed by atoms with Gasteiger partial charge >= 0.3 is 5.97 Å². The molecule has 8 nitrogen and oxygen atoms in total. The predicted molar refractivity (Wildman–Crippen MR) is 132 cm³/mol. The highest BCUT2D eigenvalue weighted by Crippen LogP contribution is 2.22. The summed E-state index contributed by atoms with van der Waals surface area (Å²) >= 11 is 0. The molecule has 3 N–H and O–H groups in total. The van der Waals surface area contributed by atoms with Crippen molar-refractivity contribution in [2.45, 2.75) is 27.2 Å². The number of Topliss-reactive ketones (excluding diaryl/α,β-unsaturated/α-hetero) is 1. The second-order valence-electron chi connectivity index (χ2n) is 8.16. The minimum Gasteiger partial charge on any atom is -0.478 e. The van der Waals surface area contributed by atoms with Crippen LogP contribution >= 0.6 is 0 Å². The molecule has 1 aliphatic carbocycles. The number of ketones is 1. The number of benzene rings is 2. The first-order chi connectivity index (χ1) is 16.2. The summed E-state index contributed by atoms with van der Waals surface area (Å²) in [4.78, 5) is 37.1. The van der Waals surface area contributed by atoms with Gasteiger partial charge in [-0.05, 0) is 67.8 Å². The van der Waals surface area contributed by atoms with Gasteiger partial charge in [0.05, 0.1) is 29.1 Å². The number of anilines is 1. The highest BCUT2D eigenvalue weighted by atomic mass is 16.4. The monoisotopic (exact) mass is 456 g/mol. The maximum Gasteiger partial charge on any atom is 0.335 e. The third-order valence-electron chi connectivity index (χ3n) is 5.75. The maximum atomic E-state index is 13.0. The number of carboxylic acid groups (broad SMARTS) is 1. The number of nitrogens with one attached hydrogen (secondary N) is 2. The quantitative estimate of drug-likeness (QED) is 0.498. The highest BCUT2D eigenvalue weighted by molar-refractivity contribution is 6.29. The SMILES string of the molecule is Cc1ccc(-n2[nH]c(C)c(NN=C3C=CC=C(c4cccc(C(=O)O)c4)C(=O)C3)c2=O)cc1C. The minimum absolute atomic E-state index is 0.00144. The summed E-state index contributed by atoms with van der Waals surface area (Å²) in [6.07, 6.45) is 5.01. The number of aromatic nitrogens is 2. The third-order valence-corrected chi connectivity index (χ3v) is 5.75. The number of hydrogen-bond acceptors (Lipinski definition) is 5. The lowest BCUT2D eigenvalue weighted by molar-refractivity contribution is -0.112. The van der Waals surface area contributed by atoms with E-state index < -0.39 is 5.97 Å². The molecule has 0 spiro atoms. The number of aromatic carboxylic acids is 1. The molecule has 3 aromatic rings. The first-order valence-electron chi connectivity index (χ1n) is 10.7. The number of hydrazone groups is 1. The Bertz CT molecular complexity index is 1450. The zero-order valence-electron chi connectivity index (χ0n) is 19.0. The van der Waals surface area contributed by atoms with Crippen LogP contribution in [0.3, 0.4) is 0 Å². The van der Waals surface area contributed by atoms with Crippen molar-refractivity contribution in [3.8, 4) is 5.69 Å². The largest absolute Gasteiger partial charge is 0.478 e. The summed E-state index contributed by atoms with van der Waals surface area (Å²) < 4.78 is 1.45. The number of aromatic amines is 1. The van der Waals surface area contributed by atoms with E-state index >= 15 is 0 Å². The molecule has 0 saturated heterocycles. The predicted octanol–water partition coefficient (Wildman–Crippen LogP) is 4.17. The smallest absolute Gasteiger partial charge is 0.335 e. The number of carbonyl (C=O) groups excluding carboxylic acids is 1. The molecule has 0 aliphatic heterocycles. The van der Waals surface area contributed by atoms with Crippen LogP contribution in [-0.2, 0) is 4.79 Å². The van der Waals surface area contributed by atoms with Crippen LogP contribution in [0.2, 0.25) is 0 Å². The van der Waals surface area contributed by atoms with Gasteiger partial charge in [0.15, 0.2) is 5.78 Å². The Kier molecular flexibility index (Phi) is 6.14. The zero-order valence-corrected chi connectivity index (χ0v) is 19.0. The fourth-order valence-electron chi connectivity index (χ4n) is 3.67. The molecule has 2 aromatic carbocycles. The van der Waals surface area contributed by atoms with Gasteiger partial charge in [0.2, 0.25) is 0 Å². The number of aryl methyl sites for hydroxylation is 3. The van der Waals surface area contributed by atoms with Crippen LogP contribution in [-0.4, -0.2) is 32.4 Å². The molecule has 0 bridgehead atoms. The topological polar surface area (TPSA) is 117 Å². The van der Waals surface area contributed by atoms with Gasteiger partial charge in [0.1, 0.15) is 5.69 Å². The molecular weight excluding hydrogens is 432 g/mol. The van der Waals surface area contributed by atoms with E-state index in [9.17, 15) is 19.5 Å². The molecule has 0 unspecified atom stereocenters. The van der Waals surface area contributed by atoms with Gasteiger partial charge in [-0.3, -0.25) is 20.1 Å². The Labute approximate surface area is 195 Å². The number of carbonyl (C=O) groups is 2. The van der Waals surface area contributed by atoms with E-state index in [2.05, 4.69) is 15.6 Å². The van der Waals surface area contributed by atoms with Crippen molar-refractivity contribution in [3.05, 3.63) is 99.0 Å². The molecule has 0 fully saturated rings. The number of hydrogen-bond donors (Lipinski definition) is 3. The first-order valence-corrected chi connectivity index (χ1v) is 10.7. The van der Waals surface area contributed by atoms with Gasteiger partial charge in [-0.25, -0.2) is 9.48 Å². The fraction of sp³-hybridized carbons (Fsp3) is 0.154. The minimum atomic E-state index is -1.06. The van der Waals surface area contributed by atoms with E-state index in [0.29, 0.717) is 22.5 Å². The first kappa shape index (κ1) is 22.7. The second kappa shape index (κ2) is 9.19. The second-order valence-corrected chi connectivity index (χ2v) is 8.16. The summed E-state index contributed by atoms with van der Waals surface area (Å²) in [5, 5.41) is 16.6. The third kappa shape index (κ3) is 4.52. The molecule has 1 heterocycles. The average Bonchev–Trinajstić information content (AvgIpc) is 2.96. The number of allylic oxidation sites excluding steroid dienone is 4. The van der Waals surface area contributed by atoms with Crippen LogP contribution in [0.15, 0.2) is 70.6 Å². The van der Waals surface area contributed by atoms with Crippen molar-refractivity contribution in [1.29, 1.82) is 0 Å². The lowest BCUT2D eigenvalue weighted by Crippen LogP contribution is -2.17. The highest BCUT2D eigenvalue weighted by Gasteiger charge is 2.18. The van der Waals surface area contributed by atoms with Gasteiger partial charge in [0, 0.05) is 5.57 Å². The van der Waals surface area contributed by atoms with Gasteiger partial charge < -0.3 is 5.11 Å². The molecular formula is C26H24N4O4. The standard InChI is InChI=1S/C26H24N4O4/c1-15-10-11-21(12-16(15)2)30-25(32)24(17(3)29-30)28-27-20-8-5-9-22(23(31)14-20)18-6-4-7-19(13-18)26(33)34/h4-13,28-29H,14H2,1-3H3,(H,33,34). The van der Waals surface area contributed by atoms with E-state index in [1.807, 2.05) is 32.0 Å². The fourth-order valence-corrected chi connectivity index (χ4v) is 3.67.